The van der Waals surface area contributed by atoms with Gasteiger partial charge in [-0.15, -0.1) is 0 Å². The molecule has 1 unspecified atom stereocenters. The number of halogens is 9. The maximum atomic E-state index is 14.5. The Morgan fingerprint density at radius 3 is 1.92 bits per heavy atom. The van der Waals surface area contributed by atoms with E-state index in [4.69, 9.17) is 0 Å². The molecular weight excluding hydrogens is 707 g/mol. The predicted octanol–water partition coefficient (Wildman–Crippen LogP) is 6.41. The highest BCUT2D eigenvalue weighted by Crippen LogP contribution is 2.54. The molecule has 50 heavy (non-hydrogen) atoms. The first-order chi connectivity index (χ1) is 23.4. The molecule has 0 aliphatic carbocycles. The zero-order valence-electron chi connectivity index (χ0n) is 25.9. The van der Waals surface area contributed by atoms with Crippen LogP contribution in [0.1, 0.15) is 36.0 Å². The number of nitrogens with zero attached hydrogens (tertiary/aromatic N) is 2. The first-order valence-corrected chi connectivity index (χ1v) is 16.7. The SMILES string of the molecule is O=CN1CCC(C(=O)N2CCC(c3ccc(C(OCc4c(F)cccc4F)(C(F)(F)F)C(F)(F)F)cc3)(S(=O)(=O)c3ccc(F)cc3)C2)CC1. The Morgan fingerprint density at radius 1 is 0.840 bits per heavy atom. The molecule has 0 saturated carbocycles. The topological polar surface area (TPSA) is 84.0 Å². The van der Waals surface area contributed by atoms with Gasteiger partial charge in [0.1, 0.15) is 22.2 Å². The summed E-state index contributed by atoms with van der Waals surface area (Å²) in [5.41, 5.74) is -8.11. The van der Waals surface area contributed by atoms with Gasteiger partial charge in [-0.2, -0.15) is 26.3 Å². The van der Waals surface area contributed by atoms with Crippen LogP contribution in [0, 0.1) is 23.4 Å². The summed E-state index contributed by atoms with van der Waals surface area (Å²) in [5, 5.41) is 0. The molecule has 3 aromatic carbocycles. The first-order valence-electron chi connectivity index (χ1n) is 15.2. The molecule has 0 radical (unpaired) electrons. The third kappa shape index (κ3) is 6.45. The van der Waals surface area contributed by atoms with Crippen LogP contribution >= 0.6 is 0 Å². The van der Waals surface area contributed by atoms with Crippen LogP contribution in [0.15, 0.2) is 71.6 Å². The minimum atomic E-state index is -6.23. The summed E-state index contributed by atoms with van der Waals surface area (Å²) < 4.78 is 160. The Balaban J connectivity index is 1.57. The molecule has 0 aromatic heterocycles. The summed E-state index contributed by atoms with van der Waals surface area (Å²) in [5.74, 6) is -4.68. The summed E-state index contributed by atoms with van der Waals surface area (Å²) in [7, 11) is -4.62. The molecule has 0 N–H and O–H groups in total. The van der Waals surface area contributed by atoms with E-state index in [-0.39, 0.29) is 44.5 Å². The van der Waals surface area contributed by atoms with Gasteiger partial charge in [-0.1, -0.05) is 30.3 Å². The average molecular weight is 737 g/mol. The van der Waals surface area contributed by atoms with E-state index >= 15 is 0 Å². The normalized spacial score (nSPS) is 19.5. The fourth-order valence-corrected chi connectivity index (χ4v) is 8.60. The Hall–Kier alpha value is -4.12. The Labute approximate surface area is 280 Å². The van der Waals surface area contributed by atoms with Crippen LogP contribution in [0.2, 0.25) is 0 Å². The van der Waals surface area contributed by atoms with Crippen LogP contribution in [0.3, 0.4) is 0 Å². The lowest BCUT2D eigenvalue weighted by Crippen LogP contribution is -2.56. The number of likely N-dealkylation sites (tertiary alicyclic amines) is 2. The van der Waals surface area contributed by atoms with Gasteiger partial charge in [0, 0.05) is 43.2 Å². The summed E-state index contributed by atoms with van der Waals surface area (Å²) in [6.07, 6.45) is -11.6. The fourth-order valence-electron chi connectivity index (χ4n) is 6.52. The van der Waals surface area contributed by atoms with E-state index in [1.165, 1.54) is 9.80 Å². The fraction of sp³-hybridized carbons (Fsp3) is 0.394. The van der Waals surface area contributed by atoms with Crippen LogP contribution < -0.4 is 0 Å². The number of amides is 2. The average Bonchev–Trinajstić information content (AvgIpc) is 3.53. The lowest BCUT2D eigenvalue weighted by molar-refractivity contribution is -0.392. The molecule has 2 fully saturated rings. The zero-order chi connectivity index (χ0) is 36.7. The number of hydrogen-bond acceptors (Lipinski definition) is 5. The van der Waals surface area contributed by atoms with Crippen LogP contribution in [0.25, 0.3) is 0 Å². The lowest BCUT2D eigenvalue weighted by atomic mass is 9.88. The van der Waals surface area contributed by atoms with Gasteiger partial charge in [-0.25, -0.2) is 21.6 Å². The van der Waals surface area contributed by atoms with Gasteiger partial charge in [0.05, 0.1) is 11.5 Å². The van der Waals surface area contributed by atoms with Gasteiger partial charge in [-0.3, -0.25) is 9.59 Å². The highest BCUT2D eigenvalue weighted by molar-refractivity contribution is 7.92. The third-order valence-corrected chi connectivity index (χ3v) is 11.8. The number of carbonyl (C=O) groups is 2. The van der Waals surface area contributed by atoms with Crippen LogP contribution in [0.4, 0.5) is 39.5 Å². The molecule has 0 spiro atoms. The monoisotopic (exact) mass is 736 g/mol. The largest absolute Gasteiger partial charge is 0.430 e. The standard InChI is InChI=1S/C33H29F9N2O5S/c34-24-8-10-25(11-9-24)50(47,48)30(14-17-44(19-30)29(46)21-12-15-43(20-45)16-13-21)22-4-6-23(7-5-22)31(32(37,38)39,33(40,41)42)49-18-26-27(35)2-1-3-28(26)36/h1-11,20-21H,12-19H2. The number of piperidine rings is 1. The third-order valence-electron chi connectivity index (χ3n) is 9.32. The molecule has 270 valence electrons. The molecule has 7 nitrogen and oxygen atoms in total. The molecule has 17 heteroatoms. The number of hydrogen-bond donors (Lipinski definition) is 0. The molecular formula is C33H29F9N2O5S. The van der Waals surface area contributed by atoms with Crippen molar-refractivity contribution in [1.29, 1.82) is 0 Å². The molecule has 1 atom stereocenters. The number of benzene rings is 3. The van der Waals surface area contributed by atoms with Gasteiger partial charge in [0.15, 0.2) is 9.84 Å². The summed E-state index contributed by atoms with van der Waals surface area (Å²) in [4.78, 5) is 26.9. The summed E-state index contributed by atoms with van der Waals surface area (Å²) in [6.45, 7) is -1.90. The number of alkyl halides is 6. The summed E-state index contributed by atoms with van der Waals surface area (Å²) >= 11 is 0. The van der Waals surface area contributed by atoms with Crippen molar-refractivity contribution < 1.29 is 62.3 Å². The Morgan fingerprint density at radius 2 is 1.40 bits per heavy atom. The van der Waals surface area contributed by atoms with Crippen molar-refractivity contribution in [2.45, 2.75) is 53.5 Å². The lowest BCUT2D eigenvalue weighted by Gasteiger charge is -2.38. The molecule has 5 rings (SSSR count). The quantitative estimate of drug-likeness (QED) is 0.144. The maximum Gasteiger partial charge on any atom is 0.430 e. The van der Waals surface area contributed by atoms with Gasteiger partial charge in [0.25, 0.3) is 5.60 Å². The minimum Gasteiger partial charge on any atom is -0.349 e. The zero-order valence-corrected chi connectivity index (χ0v) is 26.7. The second kappa shape index (κ2) is 13.5. The molecule has 2 amide bonds. The van der Waals surface area contributed by atoms with E-state index in [0.717, 1.165) is 42.5 Å². The van der Waals surface area contributed by atoms with E-state index in [1.807, 2.05) is 0 Å². The van der Waals surface area contributed by atoms with Crippen molar-refractivity contribution in [3.8, 4) is 0 Å². The van der Waals surface area contributed by atoms with Crippen LogP contribution in [-0.2, 0) is 41.1 Å². The smallest absolute Gasteiger partial charge is 0.349 e. The van der Waals surface area contributed by atoms with Gasteiger partial charge in [-0.05, 0) is 61.2 Å². The predicted molar refractivity (Wildman–Crippen MR) is 158 cm³/mol. The second-order valence-electron chi connectivity index (χ2n) is 12.1. The Kier molecular flexibility index (Phi) is 10.1. The second-order valence-corrected chi connectivity index (χ2v) is 14.4. The molecule has 2 saturated heterocycles. The molecule has 2 heterocycles. The van der Waals surface area contributed by atoms with E-state index in [1.54, 1.807) is 0 Å². The van der Waals surface area contributed by atoms with Crippen molar-refractivity contribution in [2.24, 2.45) is 5.92 Å². The molecule has 2 aliphatic rings. The van der Waals surface area contributed by atoms with Crippen LogP contribution in [-0.4, -0.2) is 69.1 Å². The highest BCUT2D eigenvalue weighted by atomic mass is 32.2. The van der Waals surface area contributed by atoms with E-state index in [2.05, 4.69) is 4.74 Å². The molecule has 0 bridgehead atoms. The van der Waals surface area contributed by atoms with Gasteiger partial charge < -0.3 is 14.5 Å². The van der Waals surface area contributed by atoms with Gasteiger partial charge in [0.2, 0.25) is 12.3 Å². The van der Waals surface area contributed by atoms with E-state index in [0.29, 0.717) is 30.7 Å². The number of ether oxygens (including phenoxy) is 1. The molecule has 2 aliphatic heterocycles. The number of sulfone groups is 1. The highest BCUT2D eigenvalue weighted by Gasteiger charge is 2.73. The first kappa shape index (κ1) is 37.1. The van der Waals surface area contributed by atoms with Crippen molar-refractivity contribution in [3.63, 3.8) is 0 Å². The van der Waals surface area contributed by atoms with Crippen molar-refractivity contribution in [1.82, 2.24) is 9.80 Å². The van der Waals surface area contributed by atoms with Crippen molar-refractivity contribution in [3.05, 3.63) is 101 Å². The van der Waals surface area contributed by atoms with Crippen molar-refractivity contribution >= 4 is 22.2 Å². The van der Waals surface area contributed by atoms with E-state index < -0.39 is 91.0 Å². The summed E-state index contributed by atoms with van der Waals surface area (Å²) in [6, 6.07) is 7.97. The van der Waals surface area contributed by atoms with Gasteiger partial charge >= 0.3 is 12.4 Å². The Bertz CT molecular complexity index is 1790. The minimum absolute atomic E-state index is 0.152. The number of carbonyl (C=O) groups excluding carboxylic acids is 2. The maximum absolute atomic E-state index is 14.5. The van der Waals surface area contributed by atoms with Crippen LogP contribution in [0.5, 0.6) is 0 Å². The van der Waals surface area contributed by atoms with E-state index in [9.17, 15) is 57.5 Å². The van der Waals surface area contributed by atoms with Crippen molar-refractivity contribution in [2.75, 3.05) is 26.2 Å². The number of rotatable bonds is 9. The molecule has 3 aromatic rings.